The van der Waals surface area contributed by atoms with E-state index in [0.29, 0.717) is 16.5 Å². The van der Waals surface area contributed by atoms with Gasteiger partial charge in [0.2, 0.25) is 5.91 Å². The van der Waals surface area contributed by atoms with Gasteiger partial charge in [-0.15, -0.1) is 4.48 Å². The number of benzene rings is 1. The van der Waals surface area contributed by atoms with E-state index in [9.17, 15) is 9.28 Å². The molecule has 1 N–H and O–H groups in total. The summed E-state index contributed by atoms with van der Waals surface area (Å²) in [7, 11) is 1.31. The Labute approximate surface area is 76.1 Å². The molecule has 0 saturated heterocycles. The van der Waals surface area contributed by atoms with E-state index in [-0.39, 0.29) is 5.91 Å². The van der Waals surface area contributed by atoms with Crippen LogP contribution in [0, 0.1) is 0 Å². The van der Waals surface area contributed by atoms with Gasteiger partial charge in [0.25, 0.3) is 0 Å². The first-order valence-electron chi connectivity index (χ1n) is 3.87. The molecule has 0 spiro atoms. The monoisotopic (exact) mass is 182 g/mol. The van der Waals surface area contributed by atoms with Crippen LogP contribution in [0.5, 0.6) is 0 Å². The average Bonchev–Trinajstić information content (AvgIpc) is 2.04. The van der Waals surface area contributed by atoms with Crippen LogP contribution in [0.25, 0.3) is 0 Å². The lowest BCUT2D eigenvalue weighted by molar-refractivity contribution is -0.114. The molecule has 0 bridgehead atoms. The molecule has 0 aliphatic heterocycles. The molecule has 0 heterocycles. The van der Waals surface area contributed by atoms with Crippen molar-refractivity contribution in [3.05, 3.63) is 24.3 Å². The number of hydrogen-bond acceptors (Lipinski definition) is 2. The van der Waals surface area contributed by atoms with Gasteiger partial charge in [0.05, 0.1) is 5.69 Å². The highest BCUT2D eigenvalue weighted by atomic mass is 19.2. The van der Waals surface area contributed by atoms with Gasteiger partial charge >= 0.3 is 0 Å². The maximum Gasteiger partial charge on any atom is 0.221 e. The second-order valence-electron chi connectivity index (χ2n) is 2.71. The smallest absolute Gasteiger partial charge is 0.221 e. The molecule has 0 saturated carbocycles. The van der Waals surface area contributed by atoms with Gasteiger partial charge in [-0.25, -0.2) is 5.12 Å². The van der Waals surface area contributed by atoms with E-state index in [4.69, 9.17) is 0 Å². The summed E-state index contributed by atoms with van der Waals surface area (Å²) in [4.78, 5) is 10.6. The zero-order valence-electron chi connectivity index (χ0n) is 7.54. The molecular weight excluding hydrogens is 171 g/mol. The van der Waals surface area contributed by atoms with Crippen LogP contribution in [0.15, 0.2) is 24.3 Å². The number of hydrogen-bond donors (Lipinski definition) is 1. The molecule has 1 amide bonds. The maximum atomic E-state index is 12.6. The maximum absolute atomic E-state index is 12.6. The molecule has 70 valence electrons. The van der Waals surface area contributed by atoms with E-state index < -0.39 is 0 Å². The zero-order valence-corrected chi connectivity index (χ0v) is 7.54. The number of anilines is 2. The van der Waals surface area contributed by atoms with Crippen molar-refractivity contribution in [1.82, 2.24) is 0 Å². The Morgan fingerprint density at radius 1 is 1.38 bits per heavy atom. The van der Waals surface area contributed by atoms with E-state index in [0.717, 1.165) is 0 Å². The van der Waals surface area contributed by atoms with Gasteiger partial charge in [0.1, 0.15) is 0 Å². The van der Waals surface area contributed by atoms with E-state index >= 15 is 0 Å². The van der Waals surface area contributed by atoms with Gasteiger partial charge in [-0.2, -0.15) is 0 Å². The van der Waals surface area contributed by atoms with Crippen molar-refractivity contribution in [1.29, 1.82) is 0 Å². The topological polar surface area (TPSA) is 32.3 Å². The highest BCUT2D eigenvalue weighted by Crippen LogP contribution is 2.16. The summed E-state index contributed by atoms with van der Waals surface area (Å²) in [5.74, 6) is -0.138. The first kappa shape index (κ1) is 9.51. The molecule has 0 radical (unpaired) electrons. The molecule has 3 nitrogen and oxygen atoms in total. The first-order chi connectivity index (χ1) is 6.09. The Morgan fingerprint density at radius 2 is 1.92 bits per heavy atom. The van der Waals surface area contributed by atoms with Crippen LogP contribution >= 0.6 is 0 Å². The molecule has 1 aromatic rings. The van der Waals surface area contributed by atoms with E-state index in [2.05, 4.69) is 5.32 Å². The number of halogens is 1. The normalized spacial score (nSPS) is 9.46. The molecule has 1 rings (SSSR count). The van der Waals surface area contributed by atoms with Crippen molar-refractivity contribution < 1.29 is 9.28 Å². The zero-order chi connectivity index (χ0) is 9.84. The lowest BCUT2D eigenvalue weighted by atomic mass is 10.3. The summed E-state index contributed by atoms with van der Waals surface area (Å²) in [6.45, 7) is 1.43. The van der Waals surface area contributed by atoms with Crippen molar-refractivity contribution in [3.8, 4) is 0 Å². The third-order valence-electron chi connectivity index (χ3n) is 1.54. The number of amides is 1. The first-order valence-corrected chi connectivity index (χ1v) is 3.87. The number of rotatable bonds is 2. The Balaban J connectivity index is 2.75. The largest absolute Gasteiger partial charge is 0.326 e. The molecule has 1 aromatic carbocycles. The highest BCUT2D eigenvalue weighted by Gasteiger charge is 1.98. The van der Waals surface area contributed by atoms with Gasteiger partial charge in [0, 0.05) is 19.7 Å². The van der Waals surface area contributed by atoms with Crippen molar-refractivity contribution >= 4 is 17.3 Å². The second kappa shape index (κ2) is 3.89. The Morgan fingerprint density at radius 3 is 2.31 bits per heavy atom. The van der Waals surface area contributed by atoms with Crippen LogP contribution in [0.2, 0.25) is 0 Å². The standard InChI is InChI=1S/C9H11FN2O/c1-7(13)11-8-3-5-9(6-4-8)12(2)10/h3-6H,1-2H3,(H,11,13). The molecule has 0 fully saturated rings. The molecule has 4 heteroatoms. The van der Waals surface area contributed by atoms with Gasteiger partial charge < -0.3 is 5.32 Å². The van der Waals surface area contributed by atoms with Crippen LogP contribution in [0.3, 0.4) is 0 Å². The van der Waals surface area contributed by atoms with Crippen molar-refractivity contribution in [2.45, 2.75) is 6.92 Å². The van der Waals surface area contributed by atoms with Crippen molar-refractivity contribution in [2.75, 3.05) is 17.5 Å². The SMILES string of the molecule is CC(=O)Nc1ccc(N(C)F)cc1. The quantitative estimate of drug-likeness (QED) is 0.709. The molecule has 0 aromatic heterocycles. The molecular formula is C9H11FN2O. The Kier molecular flexibility index (Phi) is 2.84. The van der Waals surface area contributed by atoms with Crippen molar-refractivity contribution in [3.63, 3.8) is 0 Å². The van der Waals surface area contributed by atoms with E-state index in [1.165, 1.54) is 14.0 Å². The number of carbonyl (C=O) groups is 1. The fraction of sp³-hybridized carbons (Fsp3) is 0.222. The summed E-state index contributed by atoms with van der Waals surface area (Å²) >= 11 is 0. The van der Waals surface area contributed by atoms with Gasteiger partial charge in [-0.05, 0) is 24.3 Å². The van der Waals surface area contributed by atoms with Crippen molar-refractivity contribution in [2.24, 2.45) is 0 Å². The van der Waals surface area contributed by atoms with Gasteiger partial charge in [0.15, 0.2) is 0 Å². The molecule has 0 unspecified atom stereocenters. The summed E-state index contributed by atoms with van der Waals surface area (Å²) in [6.07, 6.45) is 0. The minimum absolute atomic E-state index is 0.138. The summed E-state index contributed by atoms with van der Waals surface area (Å²) in [5, 5.41) is 3.10. The summed E-state index contributed by atoms with van der Waals surface area (Å²) in [6, 6.07) is 6.47. The fourth-order valence-electron chi connectivity index (χ4n) is 0.953. The minimum Gasteiger partial charge on any atom is -0.326 e. The summed E-state index contributed by atoms with van der Waals surface area (Å²) in [5.41, 5.74) is 1.12. The van der Waals surface area contributed by atoms with Gasteiger partial charge in [-0.1, -0.05) is 0 Å². The molecule has 13 heavy (non-hydrogen) atoms. The second-order valence-corrected chi connectivity index (χ2v) is 2.71. The average molecular weight is 182 g/mol. The summed E-state index contributed by atoms with van der Waals surface area (Å²) < 4.78 is 12.6. The molecule has 0 atom stereocenters. The highest BCUT2D eigenvalue weighted by molar-refractivity contribution is 5.88. The molecule has 0 aliphatic rings. The Bertz CT molecular complexity index is 295. The van der Waals surface area contributed by atoms with E-state index in [1.54, 1.807) is 24.3 Å². The lowest BCUT2D eigenvalue weighted by Gasteiger charge is -2.07. The van der Waals surface area contributed by atoms with E-state index in [1.807, 2.05) is 0 Å². The van der Waals surface area contributed by atoms with Crippen LogP contribution < -0.4 is 10.4 Å². The number of nitrogens with zero attached hydrogens (tertiary/aromatic N) is 1. The lowest BCUT2D eigenvalue weighted by Crippen LogP contribution is -2.06. The predicted octanol–water partition coefficient (Wildman–Crippen LogP) is 1.97. The van der Waals surface area contributed by atoms with Gasteiger partial charge in [-0.3, -0.25) is 4.79 Å². The van der Waals surface area contributed by atoms with Crippen LogP contribution in [-0.4, -0.2) is 13.0 Å². The van der Waals surface area contributed by atoms with Crippen LogP contribution in [0.1, 0.15) is 6.92 Å². The third-order valence-corrected chi connectivity index (χ3v) is 1.54. The number of carbonyl (C=O) groups excluding carboxylic acids is 1. The third kappa shape index (κ3) is 2.74. The molecule has 0 aliphatic carbocycles. The minimum atomic E-state index is -0.138. The fourth-order valence-corrected chi connectivity index (χ4v) is 0.953. The van der Waals surface area contributed by atoms with Crippen LogP contribution in [-0.2, 0) is 4.79 Å². The van der Waals surface area contributed by atoms with Crippen LogP contribution in [0.4, 0.5) is 15.9 Å². The predicted molar refractivity (Wildman–Crippen MR) is 50.3 cm³/mol. The Hall–Kier alpha value is -1.58. The number of nitrogens with one attached hydrogen (secondary N) is 1.